The fraction of sp³-hybridized carbons (Fsp3) is 0.190. The lowest BCUT2D eigenvalue weighted by Crippen LogP contribution is -2.24. The van der Waals surface area contributed by atoms with Crippen LogP contribution in [0.4, 0.5) is 23.1 Å². The summed E-state index contributed by atoms with van der Waals surface area (Å²) in [6, 6.07) is 19.6. The molecule has 1 aromatic heterocycles. The Morgan fingerprint density at radius 2 is 1.81 bits per heavy atom. The normalized spacial score (nSPS) is 10.3. The van der Waals surface area contributed by atoms with Crippen LogP contribution in [0.2, 0.25) is 0 Å². The van der Waals surface area contributed by atoms with Crippen molar-refractivity contribution in [3.63, 3.8) is 0 Å². The third kappa shape index (κ3) is 5.28. The zero-order valence-corrected chi connectivity index (χ0v) is 15.5. The second-order valence-corrected chi connectivity index (χ2v) is 6.13. The molecule has 0 aliphatic heterocycles. The van der Waals surface area contributed by atoms with Crippen molar-refractivity contribution in [1.29, 1.82) is 0 Å². The van der Waals surface area contributed by atoms with Crippen molar-refractivity contribution in [1.82, 2.24) is 9.97 Å². The van der Waals surface area contributed by atoms with Gasteiger partial charge in [-0.2, -0.15) is 4.98 Å². The molecule has 6 heteroatoms. The summed E-state index contributed by atoms with van der Waals surface area (Å²) in [7, 11) is 0. The van der Waals surface area contributed by atoms with Crippen molar-refractivity contribution >= 4 is 29.0 Å². The number of nitrogens with zero attached hydrogens (tertiary/aromatic N) is 3. The molecule has 1 heterocycles. The van der Waals surface area contributed by atoms with E-state index in [1.54, 1.807) is 6.20 Å². The van der Waals surface area contributed by atoms with Crippen molar-refractivity contribution in [3.05, 3.63) is 72.4 Å². The quantitative estimate of drug-likeness (QED) is 0.660. The van der Waals surface area contributed by atoms with Gasteiger partial charge in [0.25, 0.3) is 0 Å². The van der Waals surface area contributed by atoms with Crippen molar-refractivity contribution in [2.45, 2.75) is 20.4 Å². The summed E-state index contributed by atoms with van der Waals surface area (Å²) < 4.78 is 0. The topological polar surface area (TPSA) is 70.2 Å². The number of nitrogens with one attached hydrogen (secondary N) is 2. The van der Waals surface area contributed by atoms with Crippen molar-refractivity contribution < 1.29 is 4.79 Å². The highest BCUT2D eigenvalue weighted by Crippen LogP contribution is 2.20. The summed E-state index contributed by atoms with van der Waals surface area (Å²) in [5, 5.41) is 6.05. The molecule has 2 N–H and O–H groups in total. The first-order valence-corrected chi connectivity index (χ1v) is 8.90. The molecule has 0 radical (unpaired) electrons. The molecule has 0 spiro atoms. The highest BCUT2D eigenvalue weighted by atomic mass is 16.1. The highest BCUT2D eigenvalue weighted by Gasteiger charge is 2.09. The zero-order valence-electron chi connectivity index (χ0n) is 15.5. The number of hydrogen-bond donors (Lipinski definition) is 2. The minimum atomic E-state index is -0.101. The third-order valence-corrected chi connectivity index (χ3v) is 3.98. The van der Waals surface area contributed by atoms with Crippen LogP contribution in [0.25, 0.3) is 0 Å². The molecule has 0 saturated heterocycles. The maximum Gasteiger partial charge on any atom is 0.227 e. The summed E-state index contributed by atoms with van der Waals surface area (Å²) in [4.78, 5) is 22.4. The second kappa shape index (κ2) is 8.80. The van der Waals surface area contributed by atoms with Crippen LogP contribution < -0.4 is 15.5 Å². The first-order valence-electron chi connectivity index (χ1n) is 8.90. The summed E-state index contributed by atoms with van der Waals surface area (Å²) in [5.41, 5.74) is 2.79. The van der Waals surface area contributed by atoms with Gasteiger partial charge in [0.05, 0.1) is 0 Å². The molecule has 1 amide bonds. The molecule has 0 unspecified atom stereocenters. The van der Waals surface area contributed by atoms with Crippen LogP contribution in [0, 0.1) is 0 Å². The zero-order chi connectivity index (χ0) is 19.1. The van der Waals surface area contributed by atoms with Gasteiger partial charge in [-0.1, -0.05) is 36.4 Å². The standard InChI is InChI=1S/C21H23N5O/c1-3-26(15-17-8-5-4-6-9-17)21-22-13-12-20(25-21)24-19-11-7-10-18(14-19)23-16(2)27/h4-14H,3,15H2,1-2H3,(H,23,27)(H,22,24,25). The van der Waals surface area contributed by atoms with Gasteiger partial charge in [0.15, 0.2) is 0 Å². The van der Waals surface area contributed by atoms with Gasteiger partial charge in [0.1, 0.15) is 5.82 Å². The molecule has 0 fully saturated rings. The number of rotatable bonds is 7. The van der Waals surface area contributed by atoms with Crippen LogP contribution in [0.1, 0.15) is 19.4 Å². The SMILES string of the molecule is CCN(Cc1ccccc1)c1nccc(Nc2cccc(NC(C)=O)c2)n1. The molecule has 0 bridgehead atoms. The molecule has 0 atom stereocenters. The lowest BCUT2D eigenvalue weighted by atomic mass is 10.2. The molecular formula is C21H23N5O. The fourth-order valence-corrected chi connectivity index (χ4v) is 2.72. The lowest BCUT2D eigenvalue weighted by Gasteiger charge is -2.21. The number of benzene rings is 2. The predicted octanol–water partition coefficient (Wildman–Crippen LogP) is 4.21. The van der Waals surface area contributed by atoms with E-state index in [4.69, 9.17) is 0 Å². The number of amides is 1. The number of anilines is 4. The van der Waals surface area contributed by atoms with Crippen LogP contribution in [-0.2, 0) is 11.3 Å². The van der Waals surface area contributed by atoms with Crippen LogP contribution in [0.5, 0.6) is 0 Å². The van der Waals surface area contributed by atoms with E-state index in [-0.39, 0.29) is 5.91 Å². The monoisotopic (exact) mass is 361 g/mol. The van der Waals surface area contributed by atoms with Gasteiger partial charge < -0.3 is 15.5 Å². The maximum atomic E-state index is 11.2. The average molecular weight is 361 g/mol. The smallest absolute Gasteiger partial charge is 0.227 e. The van der Waals surface area contributed by atoms with Gasteiger partial charge in [-0.3, -0.25) is 4.79 Å². The van der Waals surface area contributed by atoms with E-state index < -0.39 is 0 Å². The molecule has 6 nitrogen and oxygen atoms in total. The van der Waals surface area contributed by atoms with E-state index >= 15 is 0 Å². The van der Waals surface area contributed by atoms with E-state index in [0.29, 0.717) is 11.8 Å². The van der Waals surface area contributed by atoms with Gasteiger partial charge >= 0.3 is 0 Å². The lowest BCUT2D eigenvalue weighted by molar-refractivity contribution is -0.114. The molecular weight excluding hydrogens is 338 g/mol. The van der Waals surface area contributed by atoms with Gasteiger partial charge in [-0.05, 0) is 36.8 Å². The average Bonchev–Trinajstić information content (AvgIpc) is 2.67. The van der Waals surface area contributed by atoms with Crippen LogP contribution in [-0.4, -0.2) is 22.4 Å². The van der Waals surface area contributed by atoms with Crippen LogP contribution in [0.15, 0.2) is 66.9 Å². The Morgan fingerprint density at radius 1 is 1.04 bits per heavy atom. The Morgan fingerprint density at radius 3 is 2.56 bits per heavy atom. The molecule has 3 aromatic rings. The molecule has 0 saturated carbocycles. The second-order valence-electron chi connectivity index (χ2n) is 6.13. The van der Waals surface area contributed by atoms with Crippen molar-refractivity contribution in [2.24, 2.45) is 0 Å². The predicted molar refractivity (Wildman–Crippen MR) is 109 cm³/mol. The maximum absolute atomic E-state index is 11.2. The summed E-state index contributed by atoms with van der Waals surface area (Å²) in [6.45, 7) is 5.13. The third-order valence-electron chi connectivity index (χ3n) is 3.98. The Labute approximate surface area is 159 Å². The largest absolute Gasteiger partial charge is 0.340 e. The first kappa shape index (κ1) is 18.4. The number of carbonyl (C=O) groups excluding carboxylic acids is 1. The summed E-state index contributed by atoms with van der Waals surface area (Å²) in [5.74, 6) is 1.27. The molecule has 3 rings (SSSR count). The van der Waals surface area contributed by atoms with Gasteiger partial charge in [-0.25, -0.2) is 4.98 Å². The minimum Gasteiger partial charge on any atom is -0.340 e. The fourth-order valence-electron chi connectivity index (χ4n) is 2.72. The molecule has 138 valence electrons. The number of aromatic nitrogens is 2. The van der Waals surface area contributed by atoms with E-state index in [0.717, 1.165) is 24.5 Å². The van der Waals surface area contributed by atoms with Crippen molar-refractivity contribution in [3.8, 4) is 0 Å². The summed E-state index contributed by atoms with van der Waals surface area (Å²) in [6.07, 6.45) is 1.75. The van der Waals surface area contributed by atoms with E-state index in [2.05, 4.69) is 44.6 Å². The first-order chi connectivity index (χ1) is 13.1. The Balaban J connectivity index is 1.75. The van der Waals surface area contributed by atoms with Gasteiger partial charge in [0, 0.05) is 37.6 Å². The summed E-state index contributed by atoms with van der Waals surface area (Å²) >= 11 is 0. The highest BCUT2D eigenvalue weighted by molar-refractivity contribution is 5.89. The van der Waals surface area contributed by atoms with Gasteiger partial charge in [0.2, 0.25) is 11.9 Å². The van der Waals surface area contributed by atoms with Crippen molar-refractivity contribution in [2.75, 3.05) is 22.1 Å². The Bertz CT molecular complexity index is 898. The van der Waals surface area contributed by atoms with Gasteiger partial charge in [-0.15, -0.1) is 0 Å². The van der Waals surface area contributed by atoms with E-state index in [9.17, 15) is 4.79 Å². The molecule has 27 heavy (non-hydrogen) atoms. The molecule has 0 aliphatic rings. The number of carbonyl (C=O) groups is 1. The van der Waals surface area contributed by atoms with Crippen LogP contribution >= 0.6 is 0 Å². The number of hydrogen-bond acceptors (Lipinski definition) is 5. The van der Waals surface area contributed by atoms with Crippen LogP contribution in [0.3, 0.4) is 0 Å². The molecule has 2 aromatic carbocycles. The minimum absolute atomic E-state index is 0.101. The Kier molecular flexibility index (Phi) is 5.99. The Hall–Kier alpha value is -3.41. The van der Waals surface area contributed by atoms with E-state index in [1.807, 2.05) is 48.5 Å². The van der Waals surface area contributed by atoms with E-state index in [1.165, 1.54) is 12.5 Å². The molecule has 0 aliphatic carbocycles.